The number of amides is 1. The van der Waals surface area contributed by atoms with Crippen LogP contribution in [0.3, 0.4) is 0 Å². The number of nitrogens with one attached hydrogen (secondary N) is 4. The standard InChI is InChI=1S/C17H14BrN7O/c1-9-5-14(25-24-9)23-17(26)13-7-12-15(19-8-20-16(12)22-13)21-11-4-2-3-10(18)6-11/h2-8H,1H3,(H2,19,20,21,22)(H2,23,24,25,26). The normalized spacial score (nSPS) is 10.8. The highest BCUT2D eigenvalue weighted by Crippen LogP contribution is 2.25. The van der Waals surface area contributed by atoms with Gasteiger partial charge in [0.25, 0.3) is 5.91 Å². The molecule has 0 aliphatic rings. The molecule has 0 bridgehead atoms. The van der Waals surface area contributed by atoms with Crippen LogP contribution in [0.2, 0.25) is 0 Å². The average Bonchev–Trinajstić information content (AvgIpc) is 3.22. The fourth-order valence-electron chi connectivity index (χ4n) is 2.54. The van der Waals surface area contributed by atoms with Crippen LogP contribution in [-0.2, 0) is 0 Å². The molecular weight excluding hydrogens is 398 g/mol. The number of nitrogens with zero attached hydrogens (tertiary/aromatic N) is 3. The lowest BCUT2D eigenvalue weighted by Gasteiger charge is -2.06. The van der Waals surface area contributed by atoms with Gasteiger partial charge in [-0.15, -0.1) is 0 Å². The van der Waals surface area contributed by atoms with Gasteiger partial charge in [0, 0.05) is 16.2 Å². The number of aromatic amines is 2. The number of hydrogen-bond acceptors (Lipinski definition) is 5. The Hall–Kier alpha value is -3.20. The third kappa shape index (κ3) is 3.29. The third-order valence-electron chi connectivity index (χ3n) is 3.71. The van der Waals surface area contributed by atoms with Crippen LogP contribution in [0.4, 0.5) is 17.3 Å². The van der Waals surface area contributed by atoms with Gasteiger partial charge in [0.2, 0.25) is 0 Å². The molecule has 1 aromatic carbocycles. The van der Waals surface area contributed by atoms with Crippen LogP contribution in [0, 0.1) is 6.92 Å². The van der Waals surface area contributed by atoms with E-state index in [4.69, 9.17) is 0 Å². The summed E-state index contributed by atoms with van der Waals surface area (Å²) in [6, 6.07) is 11.2. The van der Waals surface area contributed by atoms with Crippen LogP contribution in [0.5, 0.6) is 0 Å². The van der Waals surface area contributed by atoms with Gasteiger partial charge in [-0.05, 0) is 31.2 Å². The number of benzene rings is 1. The highest BCUT2D eigenvalue weighted by atomic mass is 79.9. The second-order valence-corrected chi connectivity index (χ2v) is 6.60. The van der Waals surface area contributed by atoms with E-state index in [-0.39, 0.29) is 5.91 Å². The van der Waals surface area contributed by atoms with E-state index < -0.39 is 0 Å². The van der Waals surface area contributed by atoms with Gasteiger partial charge in [0.1, 0.15) is 29.3 Å². The predicted octanol–water partition coefficient (Wildman–Crippen LogP) is 3.75. The average molecular weight is 412 g/mol. The highest BCUT2D eigenvalue weighted by Gasteiger charge is 2.14. The minimum absolute atomic E-state index is 0.292. The molecule has 0 radical (unpaired) electrons. The number of carbonyl (C=O) groups excluding carboxylic acids is 1. The van der Waals surface area contributed by atoms with Gasteiger partial charge >= 0.3 is 0 Å². The fourth-order valence-corrected chi connectivity index (χ4v) is 2.94. The van der Waals surface area contributed by atoms with Crippen LogP contribution >= 0.6 is 15.9 Å². The Labute approximate surface area is 156 Å². The van der Waals surface area contributed by atoms with Crippen molar-refractivity contribution in [2.45, 2.75) is 6.92 Å². The number of H-pyrrole nitrogens is 2. The zero-order chi connectivity index (χ0) is 18.1. The van der Waals surface area contributed by atoms with Crippen molar-refractivity contribution in [3.63, 3.8) is 0 Å². The molecule has 4 rings (SSSR count). The summed E-state index contributed by atoms with van der Waals surface area (Å²) in [5.41, 5.74) is 2.62. The maximum Gasteiger partial charge on any atom is 0.273 e. The summed E-state index contributed by atoms with van der Waals surface area (Å²) < 4.78 is 0.955. The predicted molar refractivity (Wildman–Crippen MR) is 103 cm³/mol. The number of anilines is 3. The van der Waals surface area contributed by atoms with E-state index in [1.54, 1.807) is 12.1 Å². The van der Waals surface area contributed by atoms with E-state index in [9.17, 15) is 4.79 Å². The Bertz CT molecular complexity index is 1100. The molecule has 0 aliphatic heterocycles. The summed E-state index contributed by atoms with van der Waals surface area (Å²) in [5, 5.41) is 13.5. The Morgan fingerprint density at radius 3 is 2.85 bits per heavy atom. The van der Waals surface area contributed by atoms with Crippen LogP contribution in [0.1, 0.15) is 16.2 Å². The van der Waals surface area contributed by atoms with Crippen molar-refractivity contribution in [1.29, 1.82) is 0 Å². The number of hydrogen-bond donors (Lipinski definition) is 4. The summed E-state index contributed by atoms with van der Waals surface area (Å²) in [6.07, 6.45) is 1.44. The van der Waals surface area contributed by atoms with Crippen LogP contribution in [-0.4, -0.2) is 31.1 Å². The number of carbonyl (C=O) groups is 1. The van der Waals surface area contributed by atoms with Gasteiger partial charge in [-0.25, -0.2) is 9.97 Å². The minimum Gasteiger partial charge on any atom is -0.340 e. The summed E-state index contributed by atoms with van der Waals surface area (Å²) in [6.45, 7) is 1.84. The molecule has 4 N–H and O–H groups in total. The molecule has 26 heavy (non-hydrogen) atoms. The first-order valence-corrected chi connectivity index (χ1v) is 8.57. The molecule has 1 amide bonds. The maximum absolute atomic E-state index is 12.4. The first kappa shape index (κ1) is 16.3. The van der Waals surface area contributed by atoms with E-state index in [0.29, 0.717) is 23.0 Å². The zero-order valence-corrected chi connectivity index (χ0v) is 15.3. The molecule has 0 aliphatic carbocycles. The maximum atomic E-state index is 12.4. The molecular formula is C17H14BrN7O. The van der Waals surface area contributed by atoms with Crippen molar-refractivity contribution in [3.05, 3.63) is 58.6 Å². The highest BCUT2D eigenvalue weighted by molar-refractivity contribution is 9.10. The molecule has 4 aromatic rings. The molecule has 0 fully saturated rings. The van der Waals surface area contributed by atoms with Crippen molar-refractivity contribution in [3.8, 4) is 0 Å². The first-order valence-electron chi connectivity index (χ1n) is 7.78. The van der Waals surface area contributed by atoms with Crippen molar-refractivity contribution < 1.29 is 4.79 Å². The summed E-state index contributed by atoms with van der Waals surface area (Å²) in [5.74, 6) is 0.852. The Kier molecular flexibility index (Phi) is 4.13. The van der Waals surface area contributed by atoms with Gasteiger partial charge in [-0.1, -0.05) is 22.0 Å². The summed E-state index contributed by atoms with van der Waals surface area (Å²) >= 11 is 3.44. The lowest BCUT2D eigenvalue weighted by atomic mass is 10.3. The Balaban J connectivity index is 1.63. The second kappa shape index (κ2) is 6.60. The number of halogens is 1. The number of aromatic nitrogens is 5. The Morgan fingerprint density at radius 1 is 1.19 bits per heavy atom. The second-order valence-electron chi connectivity index (χ2n) is 5.68. The van der Waals surface area contributed by atoms with E-state index in [0.717, 1.165) is 21.2 Å². The van der Waals surface area contributed by atoms with Crippen molar-refractivity contribution in [2.75, 3.05) is 10.6 Å². The summed E-state index contributed by atoms with van der Waals surface area (Å²) in [4.78, 5) is 23.9. The van der Waals surface area contributed by atoms with Gasteiger partial charge in [-0.3, -0.25) is 9.89 Å². The molecule has 0 unspecified atom stereocenters. The largest absolute Gasteiger partial charge is 0.340 e. The quantitative estimate of drug-likeness (QED) is 0.408. The fraction of sp³-hybridized carbons (Fsp3) is 0.0588. The Morgan fingerprint density at radius 2 is 2.08 bits per heavy atom. The molecule has 8 nitrogen and oxygen atoms in total. The van der Waals surface area contributed by atoms with Gasteiger partial charge in [-0.2, -0.15) is 5.10 Å². The SMILES string of the molecule is Cc1cc(NC(=O)c2cc3c(Nc4cccc(Br)c4)ncnc3[nH]2)[nH]n1. The first-order chi connectivity index (χ1) is 12.6. The third-order valence-corrected chi connectivity index (χ3v) is 4.21. The topological polar surface area (TPSA) is 111 Å². The molecule has 0 spiro atoms. The van der Waals surface area contributed by atoms with Crippen LogP contribution in [0.15, 0.2) is 47.2 Å². The lowest BCUT2D eigenvalue weighted by Crippen LogP contribution is -2.12. The van der Waals surface area contributed by atoms with Gasteiger partial charge in [0.15, 0.2) is 0 Å². The molecule has 3 heterocycles. The smallest absolute Gasteiger partial charge is 0.273 e. The molecule has 0 saturated carbocycles. The summed E-state index contributed by atoms with van der Waals surface area (Å²) in [7, 11) is 0. The van der Waals surface area contributed by atoms with Crippen molar-refractivity contribution >= 4 is 50.2 Å². The zero-order valence-electron chi connectivity index (χ0n) is 13.7. The monoisotopic (exact) mass is 411 g/mol. The van der Waals surface area contributed by atoms with Crippen LogP contribution in [0.25, 0.3) is 11.0 Å². The number of aryl methyl sites for hydroxylation is 1. The molecule has 3 aromatic heterocycles. The van der Waals surface area contributed by atoms with Crippen LogP contribution < -0.4 is 10.6 Å². The minimum atomic E-state index is -0.292. The van der Waals surface area contributed by atoms with Gasteiger partial charge in [0.05, 0.1) is 11.1 Å². The van der Waals surface area contributed by atoms with Crippen molar-refractivity contribution in [1.82, 2.24) is 25.1 Å². The van der Waals surface area contributed by atoms with E-state index in [2.05, 4.69) is 51.7 Å². The number of rotatable bonds is 4. The molecule has 0 saturated heterocycles. The molecule has 0 atom stereocenters. The van der Waals surface area contributed by atoms with Gasteiger partial charge < -0.3 is 15.6 Å². The number of fused-ring (bicyclic) bond motifs is 1. The molecule has 9 heteroatoms. The lowest BCUT2D eigenvalue weighted by molar-refractivity contribution is 0.102. The van der Waals surface area contributed by atoms with E-state index >= 15 is 0 Å². The van der Waals surface area contributed by atoms with E-state index in [1.165, 1.54) is 6.33 Å². The molecule has 130 valence electrons. The van der Waals surface area contributed by atoms with E-state index in [1.807, 2.05) is 31.2 Å². The van der Waals surface area contributed by atoms with Crippen molar-refractivity contribution in [2.24, 2.45) is 0 Å².